The van der Waals surface area contributed by atoms with Gasteiger partial charge in [0.15, 0.2) is 0 Å². The van der Waals surface area contributed by atoms with Gasteiger partial charge in [-0.15, -0.1) is 0 Å². The van der Waals surface area contributed by atoms with Crippen LogP contribution in [0.1, 0.15) is 12.5 Å². The molecule has 6 heteroatoms. The number of aromatic nitrogens is 2. The molecular formula is C19H26N4O2. The minimum absolute atomic E-state index is 0.0586. The fourth-order valence-corrected chi connectivity index (χ4v) is 3.23. The van der Waals surface area contributed by atoms with Crippen LogP contribution in [-0.4, -0.2) is 64.4 Å². The molecule has 0 saturated carbocycles. The zero-order valence-electron chi connectivity index (χ0n) is 14.9. The second-order valence-electron chi connectivity index (χ2n) is 6.57. The number of morpholine rings is 1. The molecule has 1 aliphatic heterocycles. The lowest BCUT2D eigenvalue weighted by Crippen LogP contribution is -2.53. The molecular weight excluding hydrogens is 316 g/mol. The normalized spacial score (nSPS) is 19.5. The zero-order valence-corrected chi connectivity index (χ0v) is 14.9. The fraction of sp³-hybridized carbons (Fsp3) is 0.474. The van der Waals surface area contributed by atoms with E-state index in [-0.39, 0.29) is 18.1 Å². The van der Waals surface area contributed by atoms with Crippen molar-refractivity contribution in [3.05, 3.63) is 54.4 Å². The first-order chi connectivity index (χ1) is 12.1. The first-order valence-corrected chi connectivity index (χ1v) is 8.75. The molecule has 2 heterocycles. The number of nitrogens with zero attached hydrogens (tertiary/aromatic N) is 4. The largest absolute Gasteiger partial charge is 0.374 e. The maximum absolute atomic E-state index is 12.8. The van der Waals surface area contributed by atoms with Crippen molar-refractivity contribution in [2.24, 2.45) is 0 Å². The Morgan fingerprint density at radius 3 is 2.88 bits per heavy atom. The van der Waals surface area contributed by atoms with Crippen LogP contribution in [0.4, 0.5) is 0 Å². The van der Waals surface area contributed by atoms with Gasteiger partial charge in [-0.25, -0.2) is 0 Å². The van der Waals surface area contributed by atoms with Crippen molar-refractivity contribution in [2.45, 2.75) is 32.2 Å². The van der Waals surface area contributed by atoms with Crippen LogP contribution in [0.2, 0.25) is 0 Å². The number of likely N-dealkylation sites (N-methyl/N-ethyl adjacent to an activating group) is 1. The number of carbonyl (C=O) groups excluding carboxylic acids is 1. The van der Waals surface area contributed by atoms with E-state index in [1.54, 1.807) is 11.1 Å². The van der Waals surface area contributed by atoms with Crippen LogP contribution in [-0.2, 0) is 22.6 Å². The van der Waals surface area contributed by atoms with Crippen LogP contribution in [0.3, 0.4) is 0 Å². The molecule has 1 saturated heterocycles. The Bertz CT molecular complexity index is 659. The molecule has 0 N–H and O–H groups in total. The Balaban J connectivity index is 1.55. The minimum Gasteiger partial charge on any atom is -0.374 e. The lowest BCUT2D eigenvalue weighted by Gasteiger charge is -2.37. The molecule has 0 bridgehead atoms. The smallest absolute Gasteiger partial charge is 0.239 e. The van der Waals surface area contributed by atoms with Gasteiger partial charge in [0.25, 0.3) is 0 Å². The van der Waals surface area contributed by atoms with Crippen LogP contribution in [0.25, 0.3) is 0 Å². The molecule has 1 aromatic carbocycles. The average molecular weight is 342 g/mol. The monoisotopic (exact) mass is 342 g/mol. The Hall–Kier alpha value is -2.18. The van der Waals surface area contributed by atoms with Gasteiger partial charge in [-0.1, -0.05) is 30.3 Å². The summed E-state index contributed by atoms with van der Waals surface area (Å²) in [6.07, 6.45) is 3.76. The maximum atomic E-state index is 12.8. The van der Waals surface area contributed by atoms with Crippen LogP contribution in [0.5, 0.6) is 0 Å². The summed E-state index contributed by atoms with van der Waals surface area (Å²) in [5.74, 6) is 0.142. The Labute approximate surface area is 149 Å². The molecule has 2 aromatic rings. The first kappa shape index (κ1) is 17.6. The van der Waals surface area contributed by atoms with Crippen molar-refractivity contribution in [1.29, 1.82) is 0 Å². The van der Waals surface area contributed by atoms with Gasteiger partial charge in [-0.05, 0) is 18.6 Å². The van der Waals surface area contributed by atoms with Crippen molar-refractivity contribution in [3.8, 4) is 0 Å². The summed E-state index contributed by atoms with van der Waals surface area (Å²) in [7, 11) is 1.87. The van der Waals surface area contributed by atoms with Crippen LogP contribution >= 0.6 is 0 Å². The van der Waals surface area contributed by atoms with Gasteiger partial charge < -0.3 is 9.64 Å². The van der Waals surface area contributed by atoms with E-state index in [1.165, 1.54) is 0 Å². The van der Waals surface area contributed by atoms with E-state index >= 15 is 0 Å². The first-order valence-electron chi connectivity index (χ1n) is 8.75. The predicted octanol–water partition coefficient (Wildman–Crippen LogP) is 1.63. The average Bonchev–Trinajstić information content (AvgIpc) is 3.14. The van der Waals surface area contributed by atoms with Crippen LogP contribution in [0, 0.1) is 0 Å². The number of rotatable bonds is 6. The van der Waals surface area contributed by atoms with Crippen molar-refractivity contribution in [3.63, 3.8) is 0 Å². The molecule has 1 aliphatic rings. The van der Waals surface area contributed by atoms with Crippen molar-refractivity contribution >= 4 is 5.91 Å². The Morgan fingerprint density at radius 1 is 1.36 bits per heavy atom. The molecule has 0 unspecified atom stereocenters. The third-order valence-corrected chi connectivity index (χ3v) is 4.66. The van der Waals surface area contributed by atoms with Gasteiger partial charge in [0, 0.05) is 39.1 Å². The third kappa shape index (κ3) is 4.67. The minimum atomic E-state index is -0.155. The van der Waals surface area contributed by atoms with Gasteiger partial charge in [-0.2, -0.15) is 5.10 Å². The quantitative estimate of drug-likeness (QED) is 0.801. The summed E-state index contributed by atoms with van der Waals surface area (Å²) >= 11 is 0. The van der Waals surface area contributed by atoms with Crippen LogP contribution in [0.15, 0.2) is 48.8 Å². The van der Waals surface area contributed by atoms with Gasteiger partial charge in [0.2, 0.25) is 5.91 Å². The van der Waals surface area contributed by atoms with E-state index in [0.29, 0.717) is 19.7 Å². The lowest BCUT2D eigenvalue weighted by molar-refractivity contribution is -0.139. The lowest BCUT2D eigenvalue weighted by atomic mass is 10.1. The van der Waals surface area contributed by atoms with E-state index in [9.17, 15) is 4.79 Å². The zero-order chi connectivity index (χ0) is 17.6. The molecule has 0 radical (unpaired) electrons. The van der Waals surface area contributed by atoms with Gasteiger partial charge >= 0.3 is 0 Å². The summed E-state index contributed by atoms with van der Waals surface area (Å²) in [5, 5.41) is 4.23. The Kier molecular flexibility index (Phi) is 5.83. The van der Waals surface area contributed by atoms with Crippen molar-refractivity contribution in [2.75, 3.05) is 26.7 Å². The molecule has 1 amide bonds. The van der Waals surface area contributed by atoms with E-state index in [1.807, 2.05) is 61.2 Å². The number of hydrogen-bond acceptors (Lipinski definition) is 4. The van der Waals surface area contributed by atoms with E-state index in [0.717, 1.165) is 18.7 Å². The second kappa shape index (κ2) is 8.27. The summed E-state index contributed by atoms with van der Waals surface area (Å²) < 4.78 is 7.72. The SMILES string of the molecule is C[C@H](C(=O)N(C)Cc1ccccc1)N1CCO[C@H](Cn2cccn2)C1. The molecule has 0 spiro atoms. The second-order valence-corrected chi connectivity index (χ2v) is 6.57. The topological polar surface area (TPSA) is 50.6 Å². The highest BCUT2D eigenvalue weighted by atomic mass is 16.5. The molecule has 6 nitrogen and oxygen atoms in total. The fourth-order valence-electron chi connectivity index (χ4n) is 3.23. The number of carbonyl (C=O) groups is 1. The third-order valence-electron chi connectivity index (χ3n) is 4.66. The highest BCUT2D eigenvalue weighted by Gasteiger charge is 2.29. The summed E-state index contributed by atoms with van der Waals surface area (Å²) in [6.45, 7) is 5.50. The highest BCUT2D eigenvalue weighted by molar-refractivity contribution is 5.81. The maximum Gasteiger partial charge on any atom is 0.239 e. The van der Waals surface area contributed by atoms with Crippen LogP contribution < -0.4 is 0 Å². The number of benzene rings is 1. The summed E-state index contributed by atoms with van der Waals surface area (Å²) in [5.41, 5.74) is 1.14. The van der Waals surface area contributed by atoms with E-state index in [4.69, 9.17) is 4.74 Å². The molecule has 1 fully saturated rings. The molecule has 1 aromatic heterocycles. The molecule has 0 aliphatic carbocycles. The molecule has 25 heavy (non-hydrogen) atoms. The number of ether oxygens (including phenoxy) is 1. The summed E-state index contributed by atoms with van der Waals surface area (Å²) in [6, 6.07) is 11.8. The van der Waals surface area contributed by atoms with E-state index in [2.05, 4.69) is 10.00 Å². The number of amides is 1. The standard InChI is InChI=1S/C19H26N4O2/c1-16(19(24)21(2)13-17-7-4-3-5-8-17)22-11-12-25-18(14-22)15-23-10-6-9-20-23/h3-10,16,18H,11-15H2,1-2H3/t16-,18+/m1/s1. The number of hydrogen-bond donors (Lipinski definition) is 0. The molecule has 2 atom stereocenters. The van der Waals surface area contributed by atoms with Crippen molar-refractivity contribution in [1.82, 2.24) is 19.6 Å². The summed E-state index contributed by atoms with van der Waals surface area (Å²) in [4.78, 5) is 16.8. The Morgan fingerprint density at radius 2 is 2.16 bits per heavy atom. The predicted molar refractivity (Wildman–Crippen MR) is 95.9 cm³/mol. The highest BCUT2D eigenvalue weighted by Crippen LogP contribution is 2.13. The van der Waals surface area contributed by atoms with Crippen molar-refractivity contribution < 1.29 is 9.53 Å². The van der Waals surface area contributed by atoms with Gasteiger partial charge in [-0.3, -0.25) is 14.4 Å². The van der Waals surface area contributed by atoms with E-state index < -0.39 is 0 Å². The van der Waals surface area contributed by atoms with Gasteiger partial charge in [0.1, 0.15) is 0 Å². The molecule has 3 rings (SSSR count). The van der Waals surface area contributed by atoms with Gasteiger partial charge in [0.05, 0.1) is 25.3 Å². The molecule has 134 valence electrons.